The molecular weight excluding hydrogens is 344 g/mol. The topological polar surface area (TPSA) is 92.3 Å². The number of rotatable bonds is 2. The van der Waals surface area contributed by atoms with Crippen molar-refractivity contribution in [3.8, 4) is 0 Å². The van der Waals surface area contributed by atoms with Gasteiger partial charge in [-0.1, -0.05) is 19.1 Å². The van der Waals surface area contributed by atoms with Gasteiger partial charge in [0.05, 0.1) is 24.6 Å². The fourth-order valence-corrected chi connectivity index (χ4v) is 4.98. The highest BCUT2D eigenvalue weighted by molar-refractivity contribution is 5.98. The van der Waals surface area contributed by atoms with Crippen LogP contribution in [0.1, 0.15) is 46.9 Å². The van der Waals surface area contributed by atoms with Crippen molar-refractivity contribution in [2.75, 3.05) is 7.11 Å². The number of ether oxygens (including phenoxy) is 1. The van der Waals surface area contributed by atoms with E-state index in [-0.39, 0.29) is 17.6 Å². The third-order valence-electron chi connectivity index (χ3n) is 6.26. The Morgan fingerprint density at radius 3 is 3.00 bits per heavy atom. The van der Waals surface area contributed by atoms with E-state index in [1.165, 1.54) is 7.11 Å². The van der Waals surface area contributed by atoms with Crippen molar-refractivity contribution in [2.45, 2.75) is 31.6 Å². The molecule has 0 saturated heterocycles. The van der Waals surface area contributed by atoms with Gasteiger partial charge in [0.25, 0.3) is 0 Å². The van der Waals surface area contributed by atoms with Gasteiger partial charge in [0, 0.05) is 23.1 Å². The number of carbonyl (C=O) groups is 2. The lowest BCUT2D eigenvalue weighted by Crippen LogP contribution is -2.50. The van der Waals surface area contributed by atoms with Crippen molar-refractivity contribution in [2.24, 2.45) is 11.8 Å². The summed E-state index contributed by atoms with van der Waals surface area (Å²) in [7, 11) is 1.36. The van der Waals surface area contributed by atoms with Gasteiger partial charge < -0.3 is 9.84 Å². The number of hydrogen-bond donors (Lipinski definition) is 2. The zero-order valence-corrected chi connectivity index (χ0v) is 15.4. The van der Waals surface area contributed by atoms with Gasteiger partial charge in [-0.25, -0.2) is 4.79 Å². The molecule has 0 spiro atoms. The van der Waals surface area contributed by atoms with Crippen LogP contribution in [-0.4, -0.2) is 34.2 Å². The van der Waals surface area contributed by atoms with Crippen LogP contribution in [0.15, 0.2) is 42.3 Å². The minimum absolute atomic E-state index is 0.0127. The van der Waals surface area contributed by atoms with E-state index in [4.69, 9.17) is 4.74 Å². The summed E-state index contributed by atoms with van der Waals surface area (Å²) in [6.07, 6.45) is 4.90. The van der Waals surface area contributed by atoms with Crippen molar-refractivity contribution < 1.29 is 19.4 Å². The van der Waals surface area contributed by atoms with Gasteiger partial charge in [0.2, 0.25) is 0 Å². The first-order valence-corrected chi connectivity index (χ1v) is 9.12. The van der Waals surface area contributed by atoms with Gasteiger partial charge in [-0.05, 0) is 48.4 Å². The zero-order chi connectivity index (χ0) is 19.2. The van der Waals surface area contributed by atoms with Crippen LogP contribution >= 0.6 is 0 Å². The van der Waals surface area contributed by atoms with Gasteiger partial charge in [0.15, 0.2) is 5.78 Å². The van der Waals surface area contributed by atoms with Gasteiger partial charge >= 0.3 is 5.97 Å². The number of hydrogen-bond acceptors (Lipinski definition) is 5. The summed E-state index contributed by atoms with van der Waals surface area (Å²) in [6.45, 7) is 1.92. The van der Waals surface area contributed by atoms with E-state index in [9.17, 15) is 14.7 Å². The first-order valence-electron chi connectivity index (χ1n) is 9.12. The van der Waals surface area contributed by atoms with Gasteiger partial charge in [-0.3, -0.25) is 9.89 Å². The predicted molar refractivity (Wildman–Crippen MR) is 98.5 cm³/mol. The van der Waals surface area contributed by atoms with E-state index in [1.807, 2.05) is 31.3 Å². The van der Waals surface area contributed by atoms with Crippen molar-refractivity contribution >= 4 is 11.8 Å². The Kier molecular flexibility index (Phi) is 4.13. The summed E-state index contributed by atoms with van der Waals surface area (Å²) >= 11 is 0. The monoisotopic (exact) mass is 366 g/mol. The number of aliphatic hydroxyl groups excluding tert-OH is 1. The lowest BCUT2D eigenvalue weighted by molar-refractivity contribution is -0.123. The predicted octanol–water partition coefficient (Wildman–Crippen LogP) is 3.10. The summed E-state index contributed by atoms with van der Waals surface area (Å²) in [5, 5.41) is 17.2. The molecule has 140 valence electrons. The summed E-state index contributed by atoms with van der Waals surface area (Å²) in [4.78, 5) is 24.8. The number of Topliss-reactive ketones (excluding diaryl/α,β-unsaturated/α-hetero) is 1. The first kappa shape index (κ1) is 17.5. The van der Waals surface area contributed by atoms with Crippen molar-refractivity contribution in [3.63, 3.8) is 0 Å². The minimum Gasteiger partial charge on any atom is -0.515 e. The number of carbonyl (C=O) groups excluding carboxylic acids is 2. The number of aromatic nitrogens is 2. The Bertz CT molecular complexity index is 945. The molecule has 3 atom stereocenters. The number of benzene rings is 1. The molecule has 0 amide bonds. The number of aromatic amines is 1. The molecule has 6 heteroatoms. The fraction of sp³-hybridized carbons (Fsp3) is 0.381. The smallest absolute Gasteiger partial charge is 0.337 e. The quantitative estimate of drug-likeness (QED) is 0.484. The number of aryl methyl sites for hydroxylation is 1. The van der Waals surface area contributed by atoms with Gasteiger partial charge in [-0.15, -0.1) is 0 Å². The number of esters is 1. The number of nitrogens with zero attached hydrogens (tertiary/aromatic N) is 1. The Balaban J connectivity index is 1.97. The average molecular weight is 366 g/mol. The van der Waals surface area contributed by atoms with E-state index >= 15 is 0 Å². The van der Waals surface area contributed by atoms with Crippen LogP contribution < -0.4 is 0 Å². The largest absolute Gasteiger partial charge is 0.515 e. The molecule has 1 aromatic heterocycles. The third-order valence-corrected chi connectivity index (χ3v) is 6.26. The maximum Gasteiger partial charge on any atom is 0.337 e. The maximum atomic E-state index is 12.7. The molecule has 2 aliphatic carbocycles. The molecule has 1 saturated carbocycles. The number of allylic oxidation sites excluding steroid dienone is 1. The Morgan fingerprint density at radius 1 is 1.44 bits per heavy atom. The lowest BCUT2D eigenvalue weighted by Gasteiger charge is -2.49. The third kappa shape index (κ3) is 2.43. The molecule has 2 aromatic rings. The van der Waals surface area contributed by atoms with Crippen molar-refractivity contribution in [1.82, 2.24) is 10.2 Å². The number of nitrogens with one attached hydrogen (secondary N) is 1. The molecule has 6 nitrogen and oxygen atoms in total. The van der Waals surface area contributed by atoms with Crippen LogP contribution in [0.25, 0.3) is 0 Å². The molecular formula is C21H22N2O4. The van der Waals surface area contributed by atoms with Gasteiger partial charge in [0.1, 0.15) is 0 Å². The lowest BCUT2D eigenvalue weighted by atomic mass is 9.52. The second kappa shape index (κ2) is 6.37. The number of methoxy groups -OCH3 is 1. The molecule has 0 aliphatic heterocycles. The Labute approximate surface area is 157 Å². The Morgan fingerprint density at radius 2 is 2.26 bits per heavy atom. The van der Waals surface area contributed by atoms with Crippen LogP contribution in [0.5, 0.6) is 0 Å². The SMILES string of the molecule is COC(=O)c1cccc([C@]23C/C(=C/O)C(=O)[C@@H](C)[C@@H]2CCc2c[nH]nc23)c1. The summed E-state index contributed by atoms with van der Waals surface area (Å²) in [5.74, 6) is -0.622. The summed E-state index contributed by atoms with van der Waals surface area (Å²) in [5.41, 5.74) is 3.23. The number of aliphatic hydroxyl groups is 1. The van der Waals surface area contributed by atoms with E-state index in [0.29, 0.717) is 17.6 Å². The molecule has 1 fully saturated rings. The molecule has 0 unspecified atom stereocenters. The number of fused-ring (bicyclic) bond motifs is 3. The van der Waals surface area contributed by atoms with Crippen LogP contribution in [0, 0.1) is 11.8 Å². The molecule has 2 aliphatic rings. The standard InChI is InChI=1S/C21H22N2O4/c1-12-17-7-6-14-10-22-23-19(14)21(17,9-15(11-24)18(12)25)16-5-3-4-13(8-16)20(26)27-2/h3-5,8,10-12,17,24H,6-7,9H2,1-2H3,(H,22,23)/b15-11-/t12-,17-,21+/m0/s1. The van der Waals surface area contributed by atoms with Crippen LogP contribution in [0.3, 0.4) is 0 Å². The van der Waals surface area contributed by atoms with Crippen LogP contribution in [0.2, 0.25) is 0 Å². The van der Waals surface area contributed by atoms with Gasteiger partial charge in [-0.2, -0.15) is 5.10 Å². The minimum atomic E-state index is -0.570. The molecule has 1 heterocycles. The van der Waals surface area contributed by atoms with E-state index in [0.717, 1.165) is 35.9 Å². The molecule has 4 rings (SSSR count). The average Bonchev–Trinajstić information content (AvgIpc) is 3.19. The second-order valence-corrected chi connectivity index (χ2v) is 7.43. The maximum absolute atomic E-state index is 12.7. The molecule has 0 bridgehead atoms. The molecule has 27 heavy (non-hydrogen) atoms. The fourth-order valence-electron chi connectivity index (χ4n) is 4.98. The van der Waals surface area contributed by atoms with Crippen molar-refractivity contribution in [1.29, 1.82) is 0 Å². The number of H-pyrrole nitrogens is 1. The molecule has 0 radical (unpaired) electrons. The zero-order valence-electron chi connectivity index (χ0n) is 15.4. The normalized spacial score (nSPS) is 28.5. The van der Waals surface area contributed by atoms with Crippen molar-refractivity contribution in [3.05, 3.63) is 64.7 Å². The summed E-state index contributed by atoms with van der Waals surface area (Å²) in [6, 6.07) is 7.36. The molecule has 1 aromatic carbocycles. The second-order valence-electron chi connectivity index (χ2n) is 7.43. The Hall–Kier alpha value is -2.89. The van der Waals surface area contributed by atoms with E-state index in [2.05, 4.69) is 10.2 Å². The summed E-state index contributed by atoms with van der Waals surface area (Å²) < 4.78 is 4.88. The highest BCUT2D eigenvalue weighted by Crippen LogP contribution is 2.55. The number of ketones is 1. The van der Waals surface area contributed by atoms with Crippen LogP contribution in [0.4, 0.5) is 0 Å². The highest BCUT2D eigenvalue weighted by atomic mass is 16.5. The van der Waals surface area contributed by atoms with E-state index in [1.54, 1.807) is 6.07 Å². The van der Waals surface area contributed by atoms with E-state index < -0.39 is 11.4 Å². The molecule has 2 N–H and O–H groups in total. The first-order chi connectivity index (χ1) is 13.0. The highest BCUT2D eigenvalue weighted by Gasteiger charge is 2.55. The van der Waals surface area contributed by atoms with Crippen LogP contribution in [-0.2, 0) is 21.4 Å².